The minimum absolute atomic E-state index is 0.0643. The number of hydrogen-bond donors (Lipinski definition) is 2. The van der Waals surface area contributed by atoms with Crippen molar-refractivity contribution >= 4 is 27.1 Å². The second kappa shape index (κ2) is 8.21. The molecule has 8 heteroatoms. The van der Waals surface area contributed by atoms with Crippen molar-refractivity contribution in [2.24, 2.45) is 4.99 Å². The maximum atomic E-state index is 11.1. The molecule has 1 rings (SSSR count). The molecule has 0 unspecified atom stereocenters. The van der Waals surface area contributed by atoms with Gasteiger partial charge in [-0.25, -0.2) is 13.4 Å². The SMILES string of the molecule is CCNC(=NCCS(C)(=O)=O)NCCc1csc(C)n1. The normalized spacial score (nSPS) is 12.4. The summed E-state index contributed by atoms with van der Waals surface area (Å²) < 4.78 is 22.1. The second-order valence-corrected chi connectivity index (χ2v) is 7.75. The predicted molar refractivity (Wildman–Crippen MR) is 84.2 cm³/mol. The van der Waals surface area contributed by atoms with Crippen molar-refractivity contribution in [3.8, 4) is 0 Å². The lowest BCUT2D eigenvalue weighted by Crippen LogP contribution is -2.38. The Hall–Kier alpha value is -1.15. The van der Waals surface area contributed by atoms with Crippen molar-refractivity contribution in [2.75, 3.05) is 31.6 Å². The third kappa shape index (κ3) is 7.44. The van der Waals surface area contributed by atoms with Gasteiger partial charge in [-0.3, -0.25) is 4.99 Å². The van der Waals surface area contributed by atoms with Crippen LogP contribution in [0.5, 0.6) is 0 Å². The Kier molecular flexibility index (Phi) is 6.94. The molecule has 0 aliphatic heterocycles. The van der Waals surface area contributed by atoms with Crippen LogP contribution >= 0.6 is 11.3 Å². The minimum atomic E-state index is -2.97. The lowest BCUT2D eigenvalue weighted by Gasteiger charge is -2.10. The van der Waals surface area contributed by atoms with Crippen molar-refractivity contribution in [1.82, 2.24) is 15.6 Å². The van der Waals surface area contributed by atoms with Gasteiger partial charge in [0.1, 0.15) is 9.84 Å². The number of aromatic nitrogens is 1. The Bertz CT molecular complexity index is 537. The third-order valence-electron chi connectivity index (χ3n) is 2.42. The number of aryl methyl sites for hydroxylation is 1. The highest BCUT2D eigenvalue weighted by Gasteiger charge is 2.03. The summed E-state index contributed by atoms with van der Waals surface area (Å²) in [6.07, 6.45) is 2.04. The summed E-state index contributed by atoms with van der Waals surface area (Å²) in [5.41, 5.74) is 1.06. The molecule has 1 aromatic heterocycles. The fourth-order valence-corrected chi connectivity index (χ4v) is 2.57. The Balaban J connectivity index is 2.40. The standard InChI is InChI=1S/C12H22N4O2S2/c1-4-13-12(15-7-8-20(3,17)18)14-6-5-11-9-19-10(2)16-11/h9H,4-8H2,1-3H3,(H2,13,14,15). The van der Waals surface area contributed by atoms with Gasteiger partial charge in [-0.05, 0) is 13.8 Å². The molecule has 0 aliphatic carbocycles. The van der Waals surface area contributed by atoms with Crippen molar-refractivity contribution in [3.05, 3.63) is 16.1 Å². The van der Waals surface area contributed by atoms with Gasteiger partial charge >= 0.3 is 0 Å². The number of hydrogen-bond acceptors (Lipinski definition) is 5. The fraction of sp³-hybridized carbons (Fsp3) is 0.667. The summed E-state index contributed by atoms with van der Waals surface area (Å²) >= 11 is 1.64. The molecule has 0 saturated heterocycles. The van der Waals surface area contributed by atoms with E-state index in [9.17, 15) is 8.42 Å². The molecule has 1 aromatic rings. The Morgan fingerprint density at radius 2 is 2.20 bits per heavy atom. The number of rotatable bonds is 7. The van der Waals surface area contributed by atoms with E-state index in [-0.39, 0.29) is 12.3 Å². The van der Waals surface area contributed by atoms with Crippen LogP contribution in [0.1, 0.15) is 17.6 Å². The molecule has 1 heterocycles. The molecular weight excluding hydrogens is 296 g/mol. The Labute approximate surface area is 124 Å². The van der Waals surface area contributed by atoms with Crippen molar-refractivity contribution in [3.63, 3.8) is 0 Å². The fourth-order valence-electron chi connectivity index (χ4n) is 1.50. The first kappa shape index (κ1) is 16.9. The van der Waals surface area contributed by atoms with Gasteiger partial charge in [-0.2, -0.15) is 0 Å². The van der Waals surface area contributed by atoms with Crippen LogP contribution in [0.2, 0.25) is 0 Å². The van der Waals surface area contributed by atoms with E-state index in [1.54, 1.807) is 11.3 Å². The zero-order chi connectivity index (χ0) is 15.0. The smallest absolute Gasteiger partial charge is 0.191 e. The molecule has 0 fully saturated rings. The molecule has 0 bridgehead atoms. The van der Waals surface area contributed by atoms with Crippen LogP contribution in [0.25, 0.3) is 0 Å². The van der Waals surface area contributed by atoms with Gasteiger partial charge < -0.3 is 10.6 Å². The molecule has 2 N–H and O–H groups in total. The second-order valence-electron chi connectivity index (χ2n) is 4.43. The first-order chi connectivity index (χ1) is 9.40. The summed E-state index contributed by atoms with van der Waals surface area (Å²) in [7, 11) is -2.97. The number of nitrogens with one attached hydrogen (secondary N) is 2. The van der Waals surface area contributed by atoms with Gasteiger partial charge in [0.05, 0.1) is 23.0 Å². The molecule has 0 aromatic carbocycles. The highest BCUT2D eigenvalue weighted by Crippen LogP contribution is 2.07. The molecule has 0 spiro atoms. The topological polar surface area (TPSA) is 83.5 Å². The maximum Gasteiger partial charge on any atom is 0.191 e. The number of thiazole rings is 1. The van der Waals surface area contributed by atoms with Gasteiger partial charge in [-0.1, -0.05) is 0 Å². The number of aliphatic imine (C=N–C) groups is 1. The maximum absolute atomic E-state index is 11.1. The quantitative estimate of drug-likeness (QED) is 0.568. The van der Waals surface area contributed by atoms with E-state index in [1.807, 2.05) is 19.2 Å². The van der Waals surface area contributed by atoms with Crippen LogP contribution in [0.4, 0.5) is 0 Å². The van der Waals surface area contributed by atoms with Crippen LogP contribution in [0, 0.1) is 6.92 Å². The van der Waals surface area contributed by atoms with Crippen molar-refractivity contribution < 1.29 is 8.42 Å². The van der Waals surface area contributed by atoms with E-state index in [1.165, 1.54) is 6.26 Å². The minimum Gasteiger partial charge on any atom is -0.357 e. The van der Waals surface area contributed by atoms with Gasteiger partial charge in [0, 0.05) is 31.1 Å². The molecule has 114 valence electrons. The summed E-state index contributed by atoms with van der Waals surface area (Å²) in [5, 5.41) is 9.37. The number of guanidine groups is 1. The van der Waals surface area contributed by atoms with Crippen LogP contribution in [0.15, 0.2) is 10.4 Å². The van der Waals surface area contributed by atoms with Gasteiger partial charge in [0.25, 0.3) is 0 Å². The number of sulfone groups is 1. The molecule has 0 amide bonds. The summed E-state index contributed by atoms with van der Waals surface area (Å²) in [6, 6.07) is 0. The van der Waals surface area contributed by atoms with E-state index in [0.717, 1.165) is 23.7 Å². The van der Waals surface area contributed by atoms with Gasteiger partial charge in [0.2, 0.25) is 0 Å². The van der Waals surface area contributed by atoms with E-state index in [4.69, 9.17) is 0 Å². The van der Waals surface area contributed by atoms with Crippen LogP contribution < -0.4 is 10.6 Å². The van der Waals surface area contributed by atoms with E-state index in [2.05, 4.69) is 20.6 Å². The average Bonchev–Trinajstić information content (AvgIpc) is 2.73. The first-order valence-corrected chi connectivity index (χ1v) is 9.45. The first-order valence-electron chi connectivity index (χ1n) is 6.51. The molecule has 0 atom stereocenters. The molecule has 0 radical (unpaired) electrons. The van der Waals surface area contributed by atoms with E-state index >= 15 is 0 Å². The summed E-state index contributed by atoms with van der Waals surface area (Å²) in [5.74, 6) is 0.706. The lowest BCUT2D eigenvalue weighted by atomic mass is 10.3. The highest BCUT2D eigenvalue weighted by atomic mass is 32.2. The molecule has 0 saturated carbocycles. The van der Waals surface area contributed by atoms with E-state index in [0.29, 0.717) is 12.5 Å². The monoisotopic (exact) mass is 318 g/mol. The zero-order valence-electron chi connectivity index (χ0n) is 12.1. The average molecular weight is 318 g/mol. The Morgan fingerprint density at radius 3 is 2.75 bits per heavy atom. The van der Waals surface area contributed by atoms with Gasteiger partial charge in [-0.15, -0.1) is 11.3 Å². The lowest BCUT2D eigenvalue weighted by molar-refractivity contribution is 0.601. The van der Waals surface area contributed by atoms with E-state index < -0.39 is 9.84 Å². The Morgan fingerprint density at radius 1 is 1.45 bits per heavy atom. The van der Waals surface area contributed by atoms with Crippen molar-refractivity contribution in [1.29, 1.82) is 0 Å². The molecular formula is C12H22N4O2S2. The van der Waals surface area contributed by atoms with Crippen LogP contribution in [0.3, 0.4) is 0 Å². The third-order valence-corrected chi connectivity index (χ3v) is 4.16. The largest absolute Gasteiger partial charge is 0.357 e. The summed E-state index contributed by atoms with van der Waals surface area (Å²) in [4.78, 5) is 8.62. The predicted octanol–water partition coefficient (Wildman–Crippen LogP) is 0.594. The highest BCUT2D eigenvalue weighted by molar-refractivity contribution is 7.90. The van der Waals surface area contributed by atoms with Crippen LogP contribution in [-0.2, 0) is 16.3 Å². The van der Waals surface area contributed by atoms with Crippen LogP contribution in [-0.4, -0.2) is 51.0 Å². The molecule has 6 nitrogen and oxygen atoms in total. The van der Waals surface area contributed by atoms with Crippen molar-refractivity contribution in [2.45, 2.75) is 20.3 Å². The zero-order valence-corrected chi connectivity index (χ0v) is 13.8. The molecule has 0 aliphatic rings. The number of nitrogens with zero attached hydrogens (tertiary/aromatic N) is 2. The summed E-state index contributed by atoms with van der Waals surface area (Å²) in [6.45, 7) is 5.67. The molecule has 20 heavy (non-hydrogen) atoms. The van der Waals surface area contributed by atoms with Gasteiger partial charge in [0.15, 0.2) is 5.96 Å².